The molecule has 0 aliphatic carbocycles. The molecule has 0 radical (unpaired) electrons. The van der Waals surface area contributed by atoms with Crippen LogP contribution >= 0.6 is 0 Å². The predicted octanol–water partition coefficient (Wildman–Crippen LogP) is 4.32. The molecule has 0 fully saturated rings. The summed E-state index contributed by atoms with van der Waals surface area (Å²) in [5.41, 5.74) is 4.86. The minimum atomic E-state index is -0.532. The Labute approximate surface area is 172 Å². The van der Waals surface area contributed by atoms with Gasteiger partial charge < -0.3 is 4.42 Å². The first kappa shape index (κ1) is 18.9. The van der Waals surface area contributed by atoms with Crippen LogP contribution < -0.4 is 11.0 Å². The molecule has 0 bridgehead atoms. The Morgan fingerprint density at radius 3 is 2.60 bits per heavy atom. The first-order chi connectivity index (χ1) is 14.7. The van der Waals surface area contributed by atoms with Crippen molar-refractivity contribution in [3.05, 3.63) is 94.0 Å². The Hall–Kier alpha value is -4.44. The number of furan rings is 1. The fourth-order valence-corrected chi connectivity index (χ4v) is 3.01. The number of hydrogen-bond acceptors (Lipinski definition) is 6. The first-order valence-corrected chi connectivity index (χ1v) is 9.20. The van der Waals surface area contributed by atoms with Gasteiger partial charge in [0.05, 0.1) is 11.9 Å². The molecular formula is C23H17N5O2. The summed E-state index contributed by atoms with van der Waals surface area (Å²) in [5, 5.41) is 13.6. The second-order valence-electron chi connectivity index (χ2n) is 6.48. The number of hydrazone groups is 1. The van der Waals surface area contributed by atoms with Gasteiger partial charge in [-0.05, 0) is 19.1 Å². The molecule has 0 aliphatic rings. The summed E-state index contributed by atoms with van der Waals surface area (Å²) >= 11 is 0. The summed E-state index contributed by atoms with van der Waals surface area (Å²) in [6, 6.07) is 22.4. The number of aromatic amines is 1. The molecule has 146 valence electrons. The van der Waals surface area contributed by atoms with Crippen LogP contribution in [0.3, 0.4) is 0 Å². The number of hydrogen-bond donors (Lipinski definition) is 2. The largest absolute Gasteiger partial charge is 0.461 e. The molecule has 0 unspecified atom stereocenters. The number of H-pyrrole nitrogens is 1. The van der Waals surface area contributed by atoms with Crippen molar-refractivity contribution in [3.63, 3.8) is 0 Å². The van der Waals surface area contributed by atoms with Crippen molar-refractivity contribution in [1.82, 2.24) is 9.97 Å². The normalized spacial score (nSPS) is 10.8. The molecule has 0 spiro atoms. The number of aromatic nitrogens is 2. The summed E-state index contributed by atoms with van der Waals surface area (Å²) < 4.78 is 5.71. The third kappa shape index (κ3) is 3.88. The van der Waals surface area contributed by atoms with Crippen LogP contribution in [0.4, 0.5) is 5.95 Å². The molecule has 0 amide bonds. The molecular weight excluding hydrogens is 378 g/mol. The standard InChI is InChI=1S/C23H17N5O2/c1-15-11-12-20(30-15)18-10-6-5-9-17(18)14-25-28-23-26-21(16-7-3-2-4-8-16)19(13-24)22(29)27-23/h2-12,14H,1H3,(H2,26,27,28,29). The molecule has 2 heterocycles. The summed E-state index contributed by atoms with van der Waals surface area (Å²) in [4.78, 5) is 19.2. The zero-order valence-electron chi connectivity index (χ0n) is 16.1. The highest BCUT2D eigenvalue weighted by Gasteiger charge is 2.13. The lowest BCUT2D eigenvalue weighted by molar-refractivity contribution is 0.548. The van der Waals surface area contributed by atoms with E-state index in [1.54, 1.807) is 18.3 Å². The average Bonchev–Trinajstić information content (AvgIpc) is 3.20. The third-order valence-corrected chi connectivity index (χ3v) is 4.42. The van der Waals surface area contributed by atoms with Gasteiger partial charge in [0.25, 0.3) is 5.56 Å². The van der Waals surface area contributed by atoms with Crippen molar-refractivity contribution in [2.24, 2.45) is 5.10 Å². The number of nitriles is 1. The van der Waals surface area contributed by atoms with Gasteiger partial charge in [-0.25, -0.2) is 10.4 Å². The van der Waals surface area contributed by atoms with Gasteiger partial charge in [0.2, 0.25) is 5.95 Å². The van der Waals surface area contributed by atoms with E-state index < -0.39 is 5.56 Å². The molecule has 4 rings (SSSR count). The molecule has 7 heteroatoms. The number of nitrogens with one attached hydrogen (secondary N) is 2. The van der Waals surface area contributed by atoms with E-state index >= 15 is 0 Å². The Balaban J connectivity index is 1.64. The molecule has 0 aliphatic heterocycles. The zero-order valence-corrected chi connectivity index (χ0v) is 16.1. The van der Waals surface area contributed by atoms with Crippen LogP contribution in [0.2, 0.25) is 0 Å². The van der Waals surface area contributed by atoms with E-state index in [4.69, 9.17) is 4.42 Å². The topological polar surface area (TPSA) is 107 Å². The van der Waals surface area contributed by atoms with Gasteiger partial charge >= 0.3 is 0 Å². The van der Waals surface area contributed by atoms with Gasteiger partial charge in [-0.15, -0.1) is 0 Å². The van der Waals surface area contributed by atoms with Crippen LogP contribution in [0.1, 0.15) is 16.9 Å². The lowest BCUT2D eigenvalue weighted by Gasteiger charge is -2.06. The highest BCUT2D eigenvalue weighted by atomic mass is 16.3. The highest BCUT2D eigenvalue weighted by Crippen LogP contribution is 2.25. The Bertz CT molecular complexity index is 1310. The maximum atomic E-state index is 12.3. The summed E-state index contributed by atoms with van der Waals surface area (Å²) in [5.74, 6) is 1.70. The van der Waals surface area contributed by atoms with Gasteiger partial charge in [0.1, 0.15) is 23.2 Å². The van der Waals surface area contributed by atoms with Crippen molar-refractivity contribution in [2.45, 2.75) is 6.92 Å². The molecule has 4 aromatic rings. The van der Waals surface area contributed by atoms with Crippen LogP contribution in [0.25, 0.3) is 22.6 Å². The van der Waals surface area contributed by atoms with E-state index in [-0.39, 0.29) is 11.5 Å². The molecule has 2 aromatic heterocycles. The van der Waals surface area contributed by atoms with Crippen molar-refractivity contribution < 1.29 is 4.42 Å². The Morgan fingerprint density at radius 2 is 1.87 bits per heavy atom. The molecule has 7 nitrogen and oxygen atoms in total. The average molecular weight is 395 g/mol. The van der Waals surface area contributed by atoms with Crippen LogP contribution in [0.15, 0.2) is 81.0 Å². The molecule has 30 heavy (non-hydrogen) atoms. The van der Waals surface area contributed by atoms with Crippen molar-refractivity contribution in [3.8, 4) is 28.7 Å². The first-order valence-electron chi connectivity index (χ1n) is 9.20. The summed E-state index contributed by atoms with van der Waals surface area (Å²) in [6.45, 7) is 1.89. The minimum Gasteiger partial charge on any atom is -0.461 e. The number of benzene rings is 2. The minimum absolute atomic E-state index is 0.0470. The van der Waals surface area contributed by atoms with E-state index in [0.717, 1.165) is 22.6 Å². The van der Waals surface area contributed by atoms with E-state index in [2.05, 4.69) is 20.5 Å². The SMILES string of the molecule is Cc1ccc(-c2ccccc2C=NNc2nc(-c3ccccc3)c(C#N)c(=O)[nH]2)o1. The fraction of sp³-hybridized carbons (Fsp3) is 0.0435. The lowest BCUT2D eigenvalue weighted by atomic mass is 10.1. The second kappa shape index (κ2) is 8.29. The predicted molar refractivity (Wildman–Crippen MR) is 115 cm³/mol. The van der Waals surface area contributed by atoms with Gasteiger partial charge in [-0.1, -0.05) is 54.6 Å². The quantitative estimate of drug-likeness (QED) is 0.386. The maximum Gasteiger partial charge on any atom is 0.270 e. The van der Waals surface area contributed by atoms with Crippen molar-refractivity contribution >= 4 is 12.2 Å². The highest BCUT2D eigenvalue weighted by molar-refractivity contribution is 5.89. The number of anilines is 1. The van der Waals surface area contributed by atoms with Crippen LogP contribution in [0.5, 0.6) is 0 Å². The Morgan fingerprint density at radius 1 is 1.10 bits per heavy atom. The molecule has 0 atom stereocenters. The van der Waals surface area contributed by atoms with E-state index in [1.807, 2.05) is 67.6 Å². The maximum absolute atomic E-state index is 12.3. The molecule has 2 aromatic carbocycles. The van der Waals surface area contributed by atoms with Gasteiger partial charge in [0, 0.05) is 16.7 Å². The molecule has 2 N–H and O–H groups in total. The van der Waals surface area contributed by atoms with E-state index in [1.165, 1.54) is 0 Å². The zero-order chi connectivity index (χ0) is 20.9. The third-order valence-electron chi connectivity index (χ3n) is 4.42. The number of rotatable bonds is 5. The van der Waals surface area contributed by atoms with Crippen LogP contribution in [0, 0.1) is 18.3 Å². The molecule has 0 saturated heterocycles. The lowest BCUT2D eigenvalue weighted by Crippen LogP contribution is -2.16. The van der Waals surface area contributed by atoms with Gasteiger partial charge in [-0.2, -0.15) is 10.4 Å². The molecule has 0 saturated carbocycles. The van der Waals surface area contributed by atoms with E-state index in [0.29, 0.717) is 11.3 Å². The van der Waals surface area contributed by atoms with Crippen LogP contribution in [-0.2, 0) is 0 Å². The van der Waals surface area contributed by atoms with Crippen LogP contribution in [-0.4, -0.2) is 16.2 Å². The smallest absolute Gasteiger partial charge is 0.270 e. The van der Waals surface area contributed by atoms with Crippen molar-refractivity contribution in [1.29, 1.82) is 5.26 Å². The number of nitrogens with zero attached hydrogens (tertiary/aromatic N) is 3. The summed E-state index contributed by atoms with van der Waals surface area (Å²) in [6.07, 6.45) is 1.62. The second-order valence-corrected chi connectivity index (χ2v) is 6.48. The fourth-order valence-electron chi connectivity index (χ4n) is 3.01. The van der Waals surface area contributed by atoms with Gasteiger partial charge in [0.15, 0.2) is 0 Å². The van der Waals surface area contributed by atoms with E-state index in [9.17, 15) is 10.1 Å². The Kier molecular flexibility index (Phi) is 5.22. The monoisotopic (exact) mass is 395 g/mol. The van der Waals surface area contributed by atoms with Crippen molar-refractivity contribution in [2.75, 3.05) is 5.43 Å². The number of aryl methyl sites for hydroxylation is 1. The summed E-state index contributed by atoms with van der Waals surface area (Å²) in [7, 11) is 0. The van der Waals surface area contributed by atoms with Gasteiger partial charge in [-0.3, -0.25) is 9.78 Å².